The van der Waals surface area contributed by atoms with Gasteiger partial charge in [-0.2, -0.15) is 0 Å². The van der Waals surface area contributed by atoms with Gasteiger partial charge in [-0.25, -0.2) is 4.79 Å². The average Bonchev–Trinajstić information content (AvgIpc) is 3.09. The van der Waals surface area contributed by atoms with Gasteiger partial charge in [-0.3, -0.25) is 19.3 Å². The second-order valence-corrected chi connectivity index (χ2v) is 7.19. The van der Waals surface area contributed by atoms with Crippen LogP contribution in [0, 0.1) is 11.8 Å². The summed E-state index contributed by atoms with van der Waals surface area (Å²) in [7, 11) is 0. The summed E-state index contributed by atoms with van der Waals surface area (Å²) in [5.41, 5.74) is 6.29. The quantitative estimate of drug-likeness (QED) is 0.755. The molecule has 8 heteroatoms. The van der Waals surface area contributed by atoms with Crippen molar-refractivity contribution in [1.29, 1.82) is 0 Å². The van der Waals surface area contributed by atoms with Crippen LogP contribution in [0.1, 0.15) is 32.4 Å². The highest BCUT2D eigenvalue weighted by atomic mass is 16.2. The number of likely N-dealkylation sites (tertiary alicyclic amines) is 2. The zero-order valence-electron chi connectivity index (χ0n) is 15.6. The molecule has 144 valence electrons. The van der Waals surface area contributed by atoms with Gasteiger partial charge >= 0.3 is 6.03 Å². The maximum Gasteiger partial charge on any atom is 0.318 e. The van der Waals surface area contributed by atoms with Crippen LogP contribution >= 0.6 is 0 Å². The second-order valence-electron chi connectivity index (χ2n) is 7.19. The molecule has 2 aliphatic heterocycles. The Labute approximate surface area is 157 Å². The molecule has 2 heterocycles. The fraction of sp³-hybridized carbons (Fsp3) is 0.474. The number of carbonyl (C=O) groups is 4. The lowest BCUT2D eigenvalue weighted by Crippen LogP contribution is -2.54. The predicted molar refractivity (Wildman–Crippen MR) is 97.0 cm³/mol. The molecule has 0 saturated carbocycles. The number of primary amides is 1. The lowest BCUT2D eigenvalue weighted by Gasteiger charge is -2.33. The first-order chi connectivity index (χ1) is 12.8. The number of fused-ring (bicyclic) bond motifs is 1. The molecule has 2 aliphatic rings. The summed E-state index contributed by atoms with van der Waals surface area (Å²) in [6, 6.07) is 6.37. The summed E-state index contributed by atoms with van der Waals surface area (Å²) in [4.78, 5) is 53.5. The van der Waals surface area contributed by atoms with Crippen LogP contribution < -0.4 is 11.1 Å². The highest BCUT2D eigenvalue weighted by molar-refractivity contribution is 6.09. The number of nitrogens with one attached hydrogen (secondary N) is 1. The van der Waals surface area contributed by atoms with Gasteiger partial charge in [-0.1, -0.05) is 30.3 Å². The van der Waals surface area contributed by atoms with Crippen LogP contribution in [-0.2, 0) is 14.4 Å². The lowest BCUT2D eigenvalue weighted by molar-refractivity contribution is -0.142. The van der Waals surface area contributed by atoms with Gasteiger partial charge in [0.1, 0.15) is 6.04 Å². The number of urea groups is 1. The highest BCUT2D eigenvalue weighted by Crippen LogP contribution is 2.49. The molecule has 2 fully saturated rings. The fourth-order valence-corrected chi connectivity index (χ4v) is 4.18. The average molecular weight is 372 g/mol. The van der Waals surface area contributed by atoms with E-state index in [0.29, 0.717) is 5.56 Å². The zero-order chi connectivity index (χ0) is 19.9. The van der Waals surface area contributed by atoms with Gasteiger partial charge in [0.15, 0.2) is 0 Å². The number of hydrogen-bond donors (Lipinski definition) is 2. The molecule has 3 rings (SSSR count). The first kappa shape index (κ1) is 18.9. The molecule has 0 aromatic heterocycles. The number of amides is 5. The van der Waals surface area contributed by atoms with E-state index in [-0.39, 0.29) is 18.5 Å². The number of nitrogens with zero attached hydrogens (tertiary/aromatic N) is 2. The number of nitrogens with two attached hydrogens (primary N) is 1. The predicted octanol–water partition coefficient (Wildman–Crippen LogP) is 0.636. The smallest absolute Gasteiger partial charge is 0.318 e. The van der Waals surface area contributed by atoms with E-state index in [9.17, 15) is 19.2 Å². The molecule has 0 spiro atoms. The third-order valence-corrected chi connectivity index (χ3v) is 5.16. The summed E-state index contributed by atoms with van der Waals surface area (Å²) in [5, 5.41) is 2.76. The molecule has 1 aromatic carbocycles. The number of rotatable bonds is 4. The van der Waals surface area contributed by atoms with Gasteiger partial charge in [-0.05, 0) is 26.3 Å². The molecule has 4 atom stereocenters. The Hall–Kier alpha value is -2.90. The molecule has 27 heavy (non-hydrogen) atoms. The van der Waals surface area contributed by atoms with Crippen LogP contribution in [0.4, 0.5) is 4.79 Å². The van der Waals surface area contributed by atoms with Gasteiger partial charge in [0.05, 0.1) is 17.9 Å². The Morgan fingerprint density at radius 2 is 1.70 bits per heavy atom. The van der Waals surface area contributed by atoms with Crippen molar-refractivity contribution in [1.82, 2.24) is 15.1 Å². The van der Waals surface area contributed by atoms with Crippen LogP contribution in [0.25, 0.3) is 0 Å². The summed E-state index contributed by atoms with van der Waals surface area (Å²) >= 11 is 0. The summed E-state index contributed by atoms with van der Waals surface area (Å²) < 4.78 is 0. The van der Waals surface area contributed by atoms with Gasteiger partial charge < -0.3 is 16.0 Å². The van der Waals surface area contributed by atoms with Crippen molar-refractivity contribution in [2.24, 2.45) is 17.6 Å². The minimum absolute atomic E-state index is 0.179. The molecular weight excluding hydrogens is 348 g/mol. The van der Waals surface area contributed by atoms with Crippen LogP contribution in [0.15, 0.2) is 30.3 Å². The third-order valence-electron chi connectivity index (χ3n) is 5.16. The SMILES string of the molecule is CCN1C(=O)C2C(C1=O)C(c1ccccc1)N(C(=O)NC(C)C)C2C(N)=O. The van der Waals surface area contributed by atoms with Crippen molar-refractivity contribution in [2.45, 2.75) is 38.9 Å². The number of carbonyl (C=O) groups excluding carboxylic acids is 4. The van der Waals surface area contributed by atoms with Crippen molar-refractivity contribution < 1.29 is 19.2 Å². The van der Waals surface area contributed by atoms with E-state index in [1.165, 1.54) is 4.90 Å². The Morgan fingerprint density at radius 1 is 1.11 bits per heavy atom. The first-order valence-corrected chi connectivity index (χ1v) is 9.07. The van der Waals surface area contributed by atoms with Crippen LogP contribution in [0.3, 0.4) is 0 Å². The van der Waals surface area contributed by atoms with Crippen molar-refractivity contribution in [3.8, 4) is 0 Å². The second kappa shape index (κ2) is 7.02. The molecule has 8 nitrogen and oxygen atoms in total. The normalized spacial score (nSPS) is 27.3. The number of imide groups is 1. The monoisotopic (exact) mass is 372 g/mol. The molecule has 0 aliphatic carbocycles. The van der Waals surface area contributed by atoms with Gasteiger partial charge in [0.25, 0.3) is 0 Å². The molecular formula is C19H24N4O4. The molecule has 3 N–H and O–H groups in total. The van der Waals surface area contributed by atoms with Gasteiger partial charge in [0.2, 0.25) is 17.7 Å². The van der Waals surface area contributed by atoms with E-state index in [1.54, 1.807) is 45.0 Å². The van der Waals surface area contributed by atoms with E-state index < -0.39 is 41.8 Å². The van der Waals surface area contributed by atoms with E-state index in [0.717, 1.165) is 4.90 Å². The Balaban J connectivity index is 2.15. The van der Waals surface area contributed by atoms with Crippen molar-refractivity contribution in [3.05, 3.63) is 35.9 Å². The molecule has 1 aromatic rings. The standard InChI is InChI=1S/C19H24N4O4/c1-4-22-17(25)12-13(18(22)26)15(16(20)24)23(19(27)21-10(2)3)14(12)11-8-6-5-7-9-11/h5-10,12-15H,4H2,1-3H3,(H2,20,24)(H,21,27). The Morgan fingerprint density at radius 3 is 2.22 bits per heavy atom. The molecule has 2 saturated heterocycles. The minimum atomic E-state index is -1.17. The Bertz CT molecular complexity index is 779. The largest absolute Gasteiger partial charge is 0.368 e. The molecule has 4 unspecified atom stereocenters. The minimum Gasteiger partial charge on any atom is -0.368 e. The van der Waals surface area contributed by atoms with Crippen LogP contribution in [-0.4, -0.2) is 52.2 Å². The van der Waals surface area contributed by atoms with Crippen molar-refractivity contribution >= 4 is 23.8 Å². The van der Waals surface area contributed by atoms with Gasteiger partial charge in [-0.15, -0.1) is 0 Å². The van der Waals surface area contributed by atoms with Crippen molar-refractivity contribution in [2.75, 3.05) is 6.54 Å². The van der Waals surface area contributed by atoms with E-state index in [1.807, 2.05) is 6.07 Å². The van der Waals surface area contributed by atoms with Gasteiger partial charge in [0, 0.05) is 12.6 Å². The topological polar surface area (TPSA) is 113 Å². The zero-order valence-corrected chi connectivity index (χ0v) is 15.6. The maximum absolute atomic E-state index is 13.0. The third kappa shape index (κ3) is 2.94. The van der Waals surface area contributed by atoms with E-state index >= 15 is 0 Å². The van der Waals surface area contributed by atoms with E-state index in [4.69, 9.17) is 5.73 Å². The van der Waals surface area contributed by atoms with Crippen LogP contribution in [0.5, 0.6) is 0 Å². The number of hydrogen-bond acceptors (Lipinski definition) is 4. The first-order valence-electron chi connectivity index (χ1n) is 9.07. The fourth-order valence-electron chi connectivity index (χ4n) is 4.18. The van der Waals surface area contributed by atoms with E-state index in [2.05, 4.69) is 5.32 Å². The maximum atomic E-state index is 13.0. The Kier molecular flexibility index (Phi) is 4.91. The summed E-state index contributed by atoms with van der Waals surface area (Å²) in [5.74, 6) is -3.39. The molecule has 0 radical (unpaired) electrons. The van der Waals surface area contributed by atoms with Crippen molar-refractivity contribution in [3.63, 3.8) is 0 Å². The van der Waals surface area contributed by atoms with Crippen LogP contribution in [0.2, 0.25) is 0 Å². The lowest BCUT2D eigenvalue weighted by atomic mass is 9.86. The summed E-state index contributed by atoms with van der Waals surface area (Å²) in [6.07, 6.45) is 0. The molecule has 5 amide bonds. The summed E-state index contributed by atoms with van der Waals surface area (Å²) in [6.45, 7) is 5.51. The number of benzene rings is 1. The highest BCUT2D eigenvalue weighted by Gasteiger charge is 2.64. The molecule has 0 bridgehead atoms.